The number of rotatable bonds is 4. The Bertz CT molecular complexity index is 879. The highest BCUT2D eigenvalue weighted by atomic mass is 35.5. The lowest BCUT2D eigenvalue weighted by atomic mass is 10.3. The van der Waals surface area contributed by atoms with E-state index in [1.807, 2.05) is 0 Å². The molecule has 0 atom stereocenters. The molecule has 0 saturated carbocycles. The van der Waals surface area contributed by atoms with Crippen LogP contribution >= 0.6 is 11.6 Å². The van der Waals surface area contributed by atoms with Gasteiger partial charge in [0.05, 0.1) is 10.6 Å². The van der Waals surface area contributed by atoms with Gasteiger partial charge in [-0.05, 0) is 52.9 Å². The Morgan fingerprint density at radius 3 is 2.50 bits per heavy atom. The minimum atomic E-state index is -3.68. The molecule has 112 valence electrons. The molecule has 2 aromatic carbocycles. The minimum Gasteiger partial charge on any atom is -0.280 e. The zero-order valence-corrected chi connectivity index (χ0v) is 12.7. The number of nitrogens with zero attached hydrogens (tertiary/aromatic N) is 4. The second-order valence-corrected chi connectivity index (χ2v) is 6.48. The Morgan fingerprint density at radius 2 is 1.86 bits per heavy atom. The first kappa shape index (κ1) is 14.5. The largest absolute Gasteiger partial charge is 0.280 e. The molecule has 3 rings (SSSR count). The van der Waals surface area contributed by atoms with Gasteiger partial charge in [-0.25, -0.2) is 13.1 Å². The van der Waals surface area contributed by atoms with Crippen LogP contribution in [0.15, 0.2) is 59.8 Å². The Morgan fingerprint density at radius 1 is 1.09 bits per heavy atom. The molecule has 0 saturated heterocycles. The number of nitrogens with one attached hydrogen (secondary N) is 1. The Hall–Kier alpha value is -2.45. The standard InChI is InChI=1S/C13H10ClN5O2S/c14-10-2-1-3-13(8-10)22(20,21)16-11-4-6-12(7-5-11)19-9-15-17-18-19/h1-9,16H. The zero-order valence-electron chi connectivity index (χ0n) is 11.1. The van der Waals surface area contributed by atoms with Crippen molar-refractivity contribution in [2.75, 3.05) is 4.72 Å². The smallest absolute Gasteiger partial charge is 0.261 e. The van der Waals surface area contributed by atoms with Crippen molar-refractivity contribution in [2.24, 2.45) is 0 Å². The molecule has 0 fully saturated rings. The molecule has 0 amide bonds. The number of hydrogen-bond donors (Lipinski definition) is 1. The van der Waals surface area contributed by atoms with Gasteiger partial charge in [0.2, 0.25) is 0 Å². The number of tetrazole rings is 1. The van der Waals surface area contributed by atoms with Crippen LogP contribution in [-0.2, 0) is 10.0 Å². The van der Waals surface area contributed by atoms with Gasteiger partial charge in [0.15, 0.2) is 0 Å². The lowest BCUT2D eigenvalue weighted by molar-refractivity contribution is 0.601. The van der Waals surface area contributed by atoms with Crippen molar-refractivity contribution in [3.8, 4) is 5.69 Å². The van der Waals surface area contributed by atoms with E-state index >= 15 is 0 Å². The van der Waals surface area contributed by atoms with Gasteiger partial charge in [0.25, 0.3) is 10.0 Å². The monoisotopic (exact) mass is 335 g/mol. The molecule has 7 nitrogen and oxygen atoms in total. The fourth-order valence-corrected chi connectivity index (χ4v) is 3.17. The van der Waals surface area contributed by atoms with Crippen molar-refractivity contribution < 1.29 is 8.42 Å². The predicted molar refractivity (Wildman–Crippen MR) is 81.4 cm³/mol. The van der Waals surface area contributed by atoms with Crippen LogP contribution in [0.4, 0.5) is 5.69 Å². The fraction of sp³-hybridized carbons (Fsp3) is 0. The lowest BCUT2D eigenvalue weighted by Crippen LogP contribution is -2.12. The predicted octanol–water partition coefficient (Wildman–Crippen LogP) is 2.12. The topological polar surface area (TPSA) is 89.8 Å². The van der Waals surface area contributed by atoms with Crippen LogP contribution in [0.25, 0.3) is 5.69 Å². The van der Waals surface area contributed by atoms with Crippen molar-refractivity contribution in [3.63, 3.8) is 0 Å². The summed E-state index contributed by atoms with van der Waals surface area (Å²) < 4.78 is 28.5. The molecule has 1 N–H and O–H groups in total. The van der Waals surface area contributed by atoms with Crippen molar-refractivity contribution in [2.45, 2.75) is 4.90 Å². The second kappa shape index (κ2) is 5.74. The number of aromatic nitrogens is 4. The van der Waals surface area contributed by atoms with Crippen LogP contribution in [0, 0.1) is 0 Å². The van der Waals surface area contributed by atoms with E-state index in [0.29, 0.717) is 10.7 Å². The second-order valence-electron chi connectivity index (χ2n) is 4.36. The SMILES string of the molecule is O=S(=O)(Nc1ccc(-n2cnnn2)cc1)c1cccc(Cl)c1. The third kappa shape index (κ3) is 3.07. The van der Waals surface area contributed by atoms with E-state index in [9.17, 15) is 8.42 Å². The highest BCUT2D eigenvalue weighted by molar-refractivity contribution is 7.92. The van der Waals surface area contributed by atoms with Gasteiger partial charge < -0.3 is 0 Å². The molecule has 0 aliphatic rings. The molecule has 3 aromatic rings. The average molecular weight is 336 g/mol. The first-order valence-corrected chi connectivity index (χ1v) is 8.02. The molecule has 0 aliphatic carbocycles. The summed E-state index contributed by atoms with van der Waals surface area (Å²) in [5, 5.41) is 11.2. The molecule has 1 heterocycles. The van der Waals surface area contributed by atoms with Gasteiger partial charge in [-0.2, -0.15) is 0 Å². The van der Waals surface area contributed by atoms with Gasteiger partial charge in [-0.3, -0.25) is 4.72 Å². The van der Waals surface area contributed by atoms with E-state index in [0.717, 1.165) is 5.69 Å². The summed E-state index contributed by atoms with van der Waals surface area (Å²) in [5.41, 5.74) is 1.15. The number of sulfonamides is 1. The summed E-state index contributed by atoms with van der Waals surface area (Å²) in [4.78, 5) is 0.101. The summed E-state index contributed by atoms with van der Waals surface area (Å²) in [5.74, 6) is 0. The van der Waals surface area contributed by atoms with Crippen LogP contribution in [0.5, 0.6) is 0 Å². The maximum Gasteiger partial charge on any atom is 0.261 e. The minimum absolute atomic E-state index is 0.101. The third-order valence-corrected chi connectivity index (χ3v) is 4.45. The lowest BCUT2D eigenvalue weighted by Gasteiger charge is -2.09. The highest BCUT2D eigenvalue weighted by Crippen LogP contribution is 2.20. The van der Waals surface area contributed by atoms with Crippen LogP contribution in [0.3, 0.4) is 0 Å². The molecule has 0 aliphatic heterocycles. The third-order valence-electron chi connectivity index (χ3n) is 2.84. The van der Waals surface area contributed by atoms with Crippen molar-refractivity contribution in [1.29, 1.82) is 0 Å². The van der Waals surface area contributed by atoms with Gasteiger partial charge in [-0.1, -0.05) is 17.7 Å². The van der Waals surface area contributed by atoms with Crippen LogP contribution in [0.1, 0.15) is 0 Å². The van der Waals surface area contributed by atoms with E-state index in [2.05, 4.69) is 20.2 Å². The molecular formula is C13H10ClN5O2S. The first-order chi connectivity index (χ1) is 10.5. The van der Waals surface area contributed by atoms with Crippen molar-refractivity contribution in [1.82, 2.24) is 20.2 Å². The van der Waals surface area contributed by atoms with E-state index in [-0.39, 0.29) is 4.90 Å². The van der Waals surface area contributed by atoms with Gasteiger partial charge in [-0.15, -0.1) is 5.10 Å². The summed E-state index contributed by atoms with van der Waals surface area (Å²) in [6.45, 7) is 0. The fourth-order valence-electron chi connectivity index (χ4n) is 1.81. The molecule has 22 heavy (non-hydrogen) atoms. The molecule has 9 heteroatoms. The van der Waals surface area contributed by atoms with E-state index in [1.54, 1.807) is 36.4 Å². The Kier molecular flexibility index (Phi) is 3.78. The molecule has 1 aromatic heterocycles. The summed E-state index contributed by atoms with van der Waals surface area (Å²) in [6.07, 6.45) is 1.45. The van der Waals surface area contributed by atoms with Crippen LogP contribution < -0.4 is 4.72 Å². The van der Waals surface area contributed by atoms with Crippen LogP contribution in [-0.4, -0.2) is 28.6 Å². The highest BCUT2D eigenvalue weighted by Gasteiger charge is 2.14. The summed E-state index contributed by atoms with van der Waals surface area (Å²) >= 11 is 5.82. The maximum absolute atomic E-state index is 12.3. The average Bonchev–Trinajstić information content (AvgIpc) is 3.02. The number of benzene rings is 2. The van der Waals surface area contributed by atoms with Gasteiger partial charge in [0.1, 0.15) is 6.33 Å². The van der Waals surface area contributed by atoms with E-state index in [1.165, 1.54) is 23.1 Å². The molecule has 0 radical (unpaired) electrons. The van der Waals surface area contributed by atoms with Gasteiger partial charge in [0, 0.05) is 10.7 Å². The summed E-state index contributed by atoms with van der Waals surface area (Å²) in [6, 6.07) is 12.7. The Balaban J connectivity index is 1.84. The molecule has 0 spiro atoms. The maximum atomic E-state index is 12.3. The van der Waals surface area contributed by atoms with Crippen molar-refractivity contribution in [3.05, 3.63) is 59.9 Å². The summed E-state index contributed by atoms with van der Waals surface area (Å²) in [7, 11) is -3.68. The quantitative estimate of drug-likeness (QED) is 0.788. The van der Waals surface area contributed by atoms with E-state index in [4.69, 9.17) is 11.6 Å². The molecule has 0 bridgehead atoms. The first-order valence-electron chi connectivity index (χ1n) is 6.16. The Labute approximate surface area is 131 Å². The van der Waals surface area contributed by atoms with Gasteiger partial charge >= 0.3 is 0 Å². The van der Waals surface area contributed by atoms with Crippen LogP contribution in [0.2, 0.25) is 5.02 Å². The van der Waals surface area contributed by atoms with E-state index < -0.39 is 10.0 Å². The number of hydrogen-bond acceptors (Lipinski definition) is 5. The number of halogens is 1. The zero-order chi connectivity index (χ0) is 15.6. The van der Waals surface area contributed by atoms with Crippen molar-refractivity contribution >= 4 is 27.3 Å². The molecular weight excluding hydrogens is 326 g/mol. The molecule has 0 unspecified atom stereocenters. The normalized spacial score (nSPS) is 11.3. The number of anilines is 1.